The fourth-order valence-corrected chi connectivity index (χ4v) is 5.29. The van der Waals surface area contributed by atoms with Gasteiger partial charge in [0.25, 0.3) is 5.91 Å². The Kier molecular flexibility index (Phi) is 4.96. The smallest absolute Gasteiger partial charge is 0.251 e. The van der Waals surface area contributed by atoms with Gasteiger partial charge in [-0.1, -0.05) is 36.4 Å². The summed E-state index contributed by atoms with van der Waals surface area (Å²) < 4.78 is 13.3. The van der Waals surface area contributed by atoms with E-state index in [-0.39, 0.29) is 23.9 Å². The number of aryl methyl sites for hydroxylation is 1. The lowest BCUT2D eigenvalue weighted by molar-refractivity contribution is -0.130. The van der Waals surface area contributed by atoms with Gasteiger partial charge in [0.2, 0.25) is 0 Å². The number of carbonyl (C=O) groups is 1. The van der Waals surface area contributed by atoms with Crippen molar-refractivity contribution >= 4 is 5.91 Å². The number of fused-ring (bicyclic) bond motifs is 1. The molecular weight excluding hydrogens is 363 g/mol. The number of nitrogens with zero attached hydrogens (tertiary/aromatic N) is 1. The summed E-state index contributed by atoms with van der Waals surface area (Å²) in [6.07, 6.45) is 7.30. The summed E-state index contributed by atoms with van der Waals surface area (Å²) >= 11 is 0. The van der Waals surface area contributed by atoms with Crippen LogP contribution in [-0.4, -0.2) is 17.0 Å². The largest absolute Gasteiger partial charge is 0.312 e. The van der Waals surface area contributed by atoms with E-state index >= 15 is 0 Å². The third kappa shape index (κ3) is 3.40. The molecule has 0 fully saturated rings. The first-order valence-corrected chi connectivity index (χ1v) is 10.8. The maximum atomic E-state index is 13.5. The third-order valence-corrected chi connectivity index (χ3v) is 6.70. The third-order valence-electron chi connectivity index (χ3n) is 6.70. The predicted octanol–water partition coefficient (Wildman–Crippen LogP) is 5.03. The summed E-state index contributed by atoms with van der Waals surface area (Å²) in [6.45, 7) is 0.625. The number of amides is 1. The van der Waals surface area contributed by atoms with Crippen molar-refractivity contribution in [1.29, 1.82) is 0 Å². The molecule has 3 aliphatic rings. The summed E-state index contributed by atoms with van der Waals surface area (Å²) in [5, 5.41) is 3.65. The van der Waals surface area contributed by atoms with Crippen LogP contribution >= 0.6 is 0 Å². The highest BCUT2D eigenvalue weighted by Gasteiger charge is 2.44. The molecule has 0 bridgehead atoms. The standard InChI is InChI=1S/C25H27FN2O/c26-19-14-12-17(13-15-19)16-27-24-21-9-3-4-10-22(21)25(29)28(24)23-11-5-7-18-6-1-2-8-20(18)23/h1-2,6,8,12-15,23-24,27H,3-5,7,9-11,16H2/t23-,24-/m0/s1. The Labute approximate surface area is 171 Å². The Morgan fingerprint density at radius 2 is 1.76 bits per heavy atom. The topological polar surface area (TPSA) is 32.3 Å². The summed E-state index contributed by atoms with van der Waals surface area (Å²) in [5.74, 6) is 0.000479. The zero-order valence-corrected chi connectivity index (χ0v) is 16.7. The number of rotatable bonds is 4. The average molecular weight is 391 g/mol. The molecule has 1 amide bonds. The molecule has 5 rings (SSSR count). The minimum Gasteiger partial charge on any atom is -0.312 e. The van der Waals surface area contributed by atoms with Crippen molar-refractivity contribution in [2.24, 2.45) is 0 Å². The molecule has 1 heterocycles. The van der Waals surface area contributed by atoms with Crippen LogP contribution in [0.3, 0.4) is 0 Å². The Morgan fingerprint density at radius 1 is 0.966 bits per heavy atom. The zero-order valence-electron chi connectivity index (χ0n) is 16.7. The van der Waals surface area contributed by atoms with Gasteiger partial charge in [0.05, 0.1) is 6.04 Å². The quantitative estimate of drug-likeness (QED) is 0.794. The van der Waals surface area contributed by atoms with Crippen molar-refractivity contribution in [3.8, 4) is 0 Å². The molecule has 4 heteroatoms. The number of hydrogen-bond donors (Lipinski definition) is 1. The van der Waals surface area contributed by atoms with E-state index < -0.39 is 0 Å². The Morgan fingerprint density at radius 3 is 2.62 bits per heavy atom. The normalized spacial score (nSPS) is 23.9. The maximum Gasteiger partial charge on any atom is 0.251 e. The second-order valence-electron chi connectivity index (χ2n) is 8.44. The molecule has 2 aromatic carbocycles. The van der Waals surface area contributed by atoms with Gasteiger partial charge in [-0.3, -0.25) is 10.1 Å². The highest BCUT2D eigenvalue weighted by Crippen LogP contribution is 2.43. The minimum absolute atomic E-state index is 0.0565. The Balaban J connectivity index is 1.46. The molecule has 2 aliphatic carbocycles. The van der Waals surface area contributed by atoms with Gasteiger partial charge >= 0.3 is 0 Å². The van der Waals surface area contributed by atoms with Gasteiger partial charge in [-0.15, -0.1) is 0 Å². The molecule has 0 radical (unpaired) electrons. The van der Waals surface area contributed by atoms with E-state index in [4.69, 9.17) is 0 Å². The first kappa shape index (κ1) is 18.6. The highest BCUT2D eigenvalue weighted by atomic mass is 19.1. The zero-order chi connectivity index (χ0) is 19.8. The van der Waals surface area contributed by atoms with Crippen molar-refractivity contribution in [3.63, 3.8) is 0 Å². The highest BCUT2D eigenvalue weighted by molar-refractivity contribution is 5.98. The van der Waals surface area contributed by atoms with Crippen LogP contribution in [0, 0.1) is 5.82 Å². The van der Waals surface area contributed by atoms with Crippen molar-refractivity contribution in [2.45, 2.75) is 63.7 Å². The van der Waals surface area contributed by atoms with E-state index in [0.717, 1.165) is 56.1 Å². The van der Waals surface area contributed by atoms with Gasteiger partial charge in [0, 0.05) is 12.1 Å². The fraction of sp³-hybridized carbons (Fsp3) is 0.400. The molecular formula is C25H27FN2O. The number of carbonyl (C=O) groups excluding carboxylic acids is 1. The van der Waals surface area contributed by atoms with E-state index in [1.165, 1.54) is 28.8 Å². The molecule has 2 atom stereocenters. The van der Waals surface area contributed by atoms with Crippen LogP contribution in [0.4, 0.5) is 4.39 Å². The molecule has 0 aromatic heterocycles. The van der Waals surface area contributed by atoms with Crippen LogP contribution < -0.4 is 5.32 Å². The van der Waals surface area contributed by atoms with Crippen molar-refractivity contribution in [2.75, 3.05) is 0 Å². The molecule has 1 aliphatic heterocycles. The van der Waals surface area contributed by atoms with Crippen LogP contribution in [0.15, 0.2) is 59.7 Å². The molecule has 0 spiro atoms. The lowest BCUT2D eigenvalue weighted by Crippen LogP contribution is -2.47. The van der Waals surface area contributed by atoms with Gasteiger partial charge < -0.3 is 4.90 Å². The summed E-state index contributed by atoms with van der Waals surface area (Å²) in [7, 11) is 0. The van der Waals surface area contributed by atoms with Crippen LogP contribution in [0.25, 0.3) is 0 Å². The predicted molar refractivity (Wildman–Crippen MR) is 111 cm³/mol. The molecule has 0 saturated heterocycles. The number of nitrogens with one attached hydrogen (secondary N) is 1. The first-order valence-electron chi connectivity index (χ1n) is 10.8. The molecule has 1 N–H and O–H groups in total. The molecule has 29 heavy (non-hydrogen) atoms. The number of benzene rings is 2. The number of hydrogen-bond acceptors (Lipinski definition) is 2. The van der Waals surface area contributed by atoms with Crippen LogP contribution in [0.5, 0.6) is 0 Å². The Hall–Kier alpha value is -2.46. The van der Waals surface area contributed by atoms with E-state index in [0.29, 0.717) is 6.54 Å². The minimum atomic E-state index is -0.220. The molecule has 0 saturated carbocycles. The van der Waals surface area contributed by atoms with Crippen LogP contribution in [0.2, 0.25) is 0 Å². The summed E-state index contributed by atoms with van der Waals surface area (Å²) in [4.78, 5) is 15.6. The van der Waals surface area contributed by atoms with Gasteiger partial charge in [-0.05, 0) is 79.3 Å². The second kappa shape index (κ2) is 7.75. The van der Waals surface area contributed by atoms with Gasteiger partial charge in [-0.25, -0.2) is 4.39 Å². The molecule has 2 aromatic rings. The molecule has 3 nitrogen and oxygen atoms in total. The summed E-state index contributed by atoms with van der Waals surface area (Å²) in [5.41, 5.74) is 6.04. The lowest BCUT2D eigenvalue weighted by Gasteiger charge is -2.38. The van der Waals surface area contributed by atoms with Gasteiger partial charge in [0.15, 0.2) is 0 Å². The molecule has 0 unspecified atom stereocenters. The van der Waals surface area contributed by atoms with Gasteiger partial charge in [-0.2, -0.15) is 0 Å². The Bertz CT molecular complexity index is 950. The van der Waals surface area contributed by atoms with Gasteiger partial charge in [0.1, 0.15) is 12.0 Å². The fourth-order valence-electron chi connectivity index (χ4n) is 5.29. The number of halogens is 1. The van der Waals surface area contributed by atoms with Crippen LogP contribution in [0.1, 0.15) is 61.3 Å². The van der Waals surface area contributed by atoms with E-state index in [9.17, 15) is 9.18 Å². The van der Waals surface area contributed by atoms with E-state index in [1.54, 1.807) is 0 Å². The average Bonchev–Trinajstić information content (AvgIpc) is 3.05. The van der Waals surface area contributed by atoms with E-state index in [2.05, 4.69) is 34.5 Å². The SMILES string of the molecule is O=C1C2=C(CCCC2)[C@@H](NCc2ccc(F)cc2)N1[C@H]1CCCc2ccccc21. The lowest BCUT2D eigenvalue weighted by atomic mass is 9.86. The van der Waals surface area contributed by atoms with Crippen LogP contribution in [-0.2, 0) is 17.8 Å². The van der Waals surface area contributed by atoms with Crippen molar-refractivity contribution in [3.05, 3.63) is 82.2 Å². The maximum absolute atomic E-state index is 13.5. The van der Waals surface area contributed by atoms with Crippen molar-refractivity contribution < 1.29 is 9.18 Å². The first-order chi connectivity index (χ1) is 14.2. The van der Waals surface area contributed by atoms with E-state index in [1.807, 2.05) is 12.1 Å². The molecule has 150 valence electrons. The second-order valence-corrected chi connectivity index (χ2v) is 8.44. The van der Waals surface area contributed by atoms with Crippen molar-refractivity contribution in [1.82, 2.24) is 10.2 Å². The summed E-state index contributed by atoms with van der Waals surface area (Å²) in [6, 6.07) is 15.3. The monoisotopic (exact) mass is 390 g/mol.